The van der Waals surface area contributed by atoms with E-state index in [2.05, 4.69) is 25.2 Å². The van der Waals surface area contributed by atoms with Crippen molar-refractivity contribution in [1.82, 2.24) is 25.0 Å². The molecule has 1 atom stereocenters. The van der Waals surface area contributed by atoms with Crippen molar-refractivity contribution in [3.8, 4) is 0 Å². The molecule has 30 heavy (non-hydrogen) atoms. The predicted molar refractivity (Wildman–Crippen MR) is 117 cm³/mol. The van der Waals surface area contributed by atoms with Crippen LogP contribution in [0.5, 0.6) is 0 Å². The minimum absolute atomic E-state index is 0.0116. The minimum Gasteiger partial charge on any atom is -0.383 e. The summed E-state index contributed by atoms with van der Waals surface area (Å²) in [7, 11) is 0. The summed E-state index contributed by atoms with van der Waals surface area (Å²) < 4.78 is 1.95. The van der Waals surface area contributed by atoms with Crippen molar-refractivity contribution < 1.29 is 0 Å². The first-order valence-electron chi connectivity index (χ1n) is 10.0. The lowest BCUT2D eigenvalue weighted by atomic mass is 9.74. The van der Waals surface area contributed by atoms with Crippen molar-refractivity contribution >= 4 is 29.2 Å². The molecule has 1 fully saturated rings. The maximum atomic E-state index is 6.55. The van der Waals surface area contributed by atoms with E-state index >= 15 is 0 Å². The fourth-order valence-corrected chi connectivity index (χ4v) is 5.38. The maximum absolute atomic E-state index is 6.55. The van der Waals surface area contributed by atoms with E-state index in [0.717, 1.165) is 59.3 Å². The molecule has 0 bridgehead atoms. The van der Waals surface area contributed by atoms with Crippen LogP contribution in [0.4, 0.5) is 17.5 Å². The van der Waals surface area contributed by atoms with Crippen LogP contribution >= 0.6 is 11.8 Å². The molecule has 0 saturated carbocycles. The molecule has 3 aromatic rings. The standard InChI is InChI=1S/C20H25N9S/c1-12-14(4-7-24-18(12)22)30-15-2-3-16(26-19(15)23)28-8-5-20(6-9-28)11-29-13(17(20)21)10-25-27-29/h2-4,7,10,17H,5-6,8-9,11,21H2,1H3,(H2,22,24)(H2,23,26)/t17-/m1/s1. The summed E-state index contributed by atoms with van der Waals surface area (Å²) in [5, 5.41) is 8.15. The van der Waals surface area contributed by atoms with Gasteiger partial charge in [0.1, 0.15) is 17.5 Å². The molecule has 1 spiro atoms. The summed E-state index contributed by atoms with van der Waals surface area (Å²) in [4.78, 5) is 13.0. The SMILES string of the molecule is Cc1c(Sc2ccc(N3CCC4(CC3)Cn3nncc3[C@H]4N)nc2N)ccnc1N. The van der Waals surface area contributed by atoms with Gasteiger partial charge in [-0.15, -0.1) is 5.10 Å². The van der Waals surface area contributed by atoms with Gasteiger partial charge in [-0.2, -0.15) is 0 Å². The van der Waals surface area contributed by atoms with E-state index in [9.17, 15) is 0 Å². The van der Waals surface area contributed by atoms with Gasteiger partial charge in [0.15, 0.2) is 0 Å². The molecular weight excluding hydrogens is 398 g/mol. The second-order valence-corrected chi connectivity index (χ2v) is 9.20. The molecule has 5 heterocycles. The first kappa shape index (κ1) is 19.1. The van der Waals surface area contributed by atoms with Crippen LogP contribution in [0, 0.1) is 12.3 Å². The Balaban J connectivity index is 1.29. The molecule has 156 valence electrons. The van der Waals surface area contributed by atoms with Gasteiger partial charge in [-0.3, -0.25) is 0 Å². The number of anilines is 3. The van der Waals surface area contributed by atoms with Crippen LogP contribution in [-0.4, -0.2) is 38.1 Å². The van der Waals surface area contributed by atoms with E-state index in [4.69, 9.17) is 17.2 Å². The molecular formula is C20H25N9S. The number of nitrogen functional groups attached to an aromatic ring is 2. The number of fused-ring (bicyclic) bond motifs is 1. The molecule has 0 aromatic carbocycles. The number of hydrogen-bond acceptors (Lipinski definition) is 9. The van der Waals surface area contributed by atoms with Crippen LogP contribution in [0.1, 0.15) is 30.1 Å². The summed E-state index contributed by atoms with van der Waals surface area (Å²) >= 11 is 1.56. The second kappa shape index (κ2) is 7.13. The Labute approximate surface area is 179 Å². The zero-order valence-corrected chi connectivity index (χ0v) is 17.6. The normalized spacial score (nSPS) is 19.9. The van der Waals surface area contributed by atoms with Crippen molar-refractivity contribution in [1.29, 1.82) is 0 Å². The van der Waals surface area contributed by atoms with Gasteiger partial charge < -0.3 is 22.1 Å². The lowest BCUT2D eigenvalue weighted by molar-refractivity contribution is 0.169. The zero-order valence-electron chi connectivity index (χ0n) is 16.8. The average Bonchev–Trinajstić information content (AvgIpc) is 3.29. The van der Waals surface area contributed by atoms with Gasteiger partial charge in [0.05, 0.1) is 29.4 Å². The van der Waals surface area contributed by atoms with E-state index in [1.807, 2.05) is 29.8 Å². The number of pyridine rings is 2. The number of piperidine rings is 1. The Hall–Kier alpha value is -2.85. The Morgan fingerprint density at radius 3 is 2.63 bits per heavy atom. The van der Waals surface area contributed by atoms with Crippen LogP contribution in [0.3, 0.4) is 0 Å². The first-order chi connectivity index (χ1) is 14.5. The molecule has 0 aliphatic carbocycles. The van der Waals surface area contributed by atoms with Gasteiger partial charge in [0.25, 0.3) is 0 Å². The Morgan fingerprint density at radius 1 is 1.10 bits per heavy atom. The summed E-state index contributed by atoms with van der Waals surface area (Å²) in [6, 6.07) is 6.01. The maximum Gasteiger partial charge on any atom is 0.139 e. The molecule has 6 N–H and O–H groups in total. The number of aromatic nitrogens is 5. The van der Waals surface area contributed by atoms with Crippen LogP contribution in [0.15, 0.2) is 40.4 Å². The highest BCUT2D eigenvalue weighted by molar-refractivity contribution is 7.99. The largest absolute Gasteiger partial charge is 0.383 e. The molecule has 0 unspecified atom stereocenters. The highest BCUT2D eigenvalue weighted by Crippen LogP contribution is 2.47. The quantitative estimate of drug-likeness (QED) is 0.577. The number of nitrogens with two attached hydrogens (primary N) is 3. The van der Waals surface area contributed by atoms with Crippen molar-refractivity contribution in [3.63, 3.8) is 0 Å². The van der Waals surface area contributed by atoms with Gasteiger partial charge >= 0.3 is 0 Å². The van der Waals surface area contributed by atoms with Crippen LogP contribution in [0.2, 0.25) is 0 Å². The number of hydrogen-bond donors (Lipinski definition) is 3. The Kier molecular flexibility index (Phi) is 4.55. The van der Waals surface area contributed by atoms with Crippen molar-refractivity contribution in [2.45, 2.75) is 42.1 Å². The fourth-order valence-electron chi connectivity index (χ4n) is 4.47. The molecule has 3 aromatic heterocycles. The molecule has 10 heteroatoms. The topological polar surface area (TPSA) is 138 Å². The fraction of sp³-hybridized carbons (Fsp3) is 0.400. The van der Waals surface area contributed by atoms with Gasteiger partial charge in [0.2, 0.25) is 0 Å². The summed E-state index contributed by atoms with van der Waals surface area (Å²) in [5.41, 5.74) is 20.8. The Morgan fingerprint density at radius 2 is 1.90 bits per heavy atom. The van der Waals surface area contributed by atoms with Crippen molar-refractivity contribution in [3.05, 3.63) is 41.9 Å². The van der Waals surface area contributed by atoms with E-state index in [1.54, 1.807) is 24.2 Å². The summed E-state index contributed by atoms with van der Waals surface area (Å²) in [6.07, 6.45) is 5.49. The molecule has 0 radical (unpaired) electrons. The summed E-state index contributed by atoms with van der Waals surface area (Å²) in [6.45, 7) is 4.59. The van der Waals surface area contributed by atoms with E-state index in [-0.39, 0.29) is 11.5 Å². The molecule has 5 rings (SSSR count). The van der Waals surface area contributed by atoms with Gasteiger partial charge in [-0.1, -0.05) is 17.0 Å². The van der Waals surface area contributed by atoms with Crippen LogP contribution in [-0.2, 0) is 6.54 Å². The van der Waals surface area contributed by atoms with E-state index < -0.39 is 0 Å². The summed E-state index contributed by atoms with van der Waals surface area (Å²) in [5.74, 6) is 1.97. The third-order valence-corrected chi connectivity index (χ3v) is 7.69. The van der Waals surface area contributed by atoms with Gasteiger partial charge in [-0.25, -0.2) is 14.6 Å². The number of rotatable bonds is 3. The highest BCUT2D eigenvalue weighted by Gasteiger charge is 2.47. The van der Waals surface area contributed by atoms with Crippen molar-refractivity contribution in [2.75, 3.05) is 29.5 Å². The molecule has 9 nitrogen and oxygen atoms in total. The molecule has 1 saturated heterocycles. The average molecular weight is 424 g/mol. The molecule has 0 amide bonds. The minimum atomic E-state index is -0.0116. The lowest BCUT2D eigenvalue weighted by Crippen LogP contribution is -2.45. The molecule has 2 aliphatic rings. The zero-order chi connectivity index (χ0) is 20.9. The van der Waals surface area contributed by atoms with Crippen LogP contribution < -0.4 is 22.1 Å². The predicted octanol–water partition coefficient (Wildman–Crippen LogP) is 1.99. The van der Waals surface area contributed by atoms with E-state index in [0.29, 0.717) is 11.6 Å². The van der Waals surface area contributed by atoms with Crippen molar-refractivity contribution in [2.24, 2.45) is 11.1 Å². The third-order valence-electron chi connectivity index (χ3n) is 6.46. The van der Waals surface area contributed by atoms with E-state index in [1.165, 1.54) is 0 Å². The number of nitrogens with zero attached hydrogens (tertiary/aromatic N) is 6. The third kappa shape index (κ3) is 3.07. The van der Waals surface area contributed by atoms with Gasteiger partial charge in [-0.05, 0) is 38.0 Å². The smallest absolute Gasteiger partial charge is 0.139 e. The first-order valence-corrected chi connectivity index (χ1v) is 10.8. The highest BCUT2D eigenvalue weighted by atomic mass is 32.2. The molecule has 2 aliphatic heterocycles. The van der Waals surface area contributed by atoms with Crippen LogP contribution in [0.25, 0.3) is 0 Å². The second-order valence-electron chi connectivity index (χ2n) is 8.12. The lowest BCUT2D eigenvalue weighted by Gasteiger charge is -2.41. The monoisotopic (exact) mass is 423 g/mol. The van der Waals surface area contributed by atoms with Gasteiger partial charge in [0, 0.05) is 35.2 Å². The Bertz CT molecular complexity index is 1090.